The van der Waals surface area contributed by atoms with Crippen LogP contribution in [-0.2, 0) is 13.2 Å². The molecule has 0 bridgehead atoms. The van der Waals surface area contributed by atoms with E-state index in [-0.39, 0.29) is 37.1 Å². The van der Waals surface area contributed by atoms with Crippen molar-refractivity contribution in [3.63, 3.8) is 0 Å². The van der Waals surface area contributed by atoms with Crippen LogP contribution >= 0.6 is 24.0 Å². The van der Waals surface area contributed by atoms with Crippen LogP contribution in [0.25, 0.3) is 0 Å². The number of benzene rings is 1. The standard InChI is InChI=1S/C19H23F3N4O.HI/c1-2-23-18(25-12-10-19(20,21)22)26-13-16-9-6-11-24-17(16)27-14-15-7-4-3-5-8-15;/h3-9,11H,2,10,12-14H2,1H3,(H2,23,25,26);1H. The molecular weight excluding hydrogens is 484 g/mol. The number of hydrogen-bond donors (Lipinski definition) is 2. The highest BCUT2D eigenvalue weighted by Crippen LogP contribution is 2.18. The number of nitrogens with one attached hydrogen (secondary N) is 2. The molecule has 0 aliphatic rings. The number of nitrogens with zero attached hydrogens (tertiary/aromatic N) is 2. The van der Waals surface area contributed by atoms with E-state index >= 15 is 0 Å². The topological polar surface area (TPSA) is 58.5 Å². The van der Waals surface area contributed by atoms with Crippen LogP contribution in [0.1, 0.15) is 24.5 Å². The van der Waals surface area contributed by atoms with Gasteiger partial charge in [-0.2, -0.15) is 13.2 Å². The molecule has 1 aromatic carbocycles. The first-order valence-corrected chi connectivity index (χ1v) is 8.67. The quantitative estimate of drug-likeness (QED) is 0.318. The van der Waals surface area contributed by atoms with E-state index in [9.17, 15) is 13.2 Å². The Morgan fingerprint density at radius 1 is 1.11 bits per heavy atom. The van der Waals surface area contributed by atoms with Crippen molar-refractivity contribution >= 4 is 29.9 Å². The monoisotopic (exact) mass is 508 g/mol. The van der Waals surface area contributed by atoms with Crippen LogP contribution in [-0.4, -0.2) is 30.2 Å². The van der Waals surface area contributed by atoms with E-state index in [1.165, 1.54) is 0 Å². The SMILES string of the molecule is CCNC(=NCc1cccnc1OCc1ccccc1)NCCC(F)(F)F.I. The van der Waals surface area contributed by atoms with Crippen molar-refractivity contribution in [1.29, 1.82) is 0 Å². The molecule has 1 aromatic heterocycles. The summed E-state index contributed by atoms with van der Waals surface area (Å²) in [5, 5.41) is 5.61. The summed E-state index contributed by atoms with van der Waals surface area (Å²) in [7, 11) is 0. The van der Waals surface area contributed by atoms with Gasteiger partial charge in [0.1, 0.15) is 6.61 Å². The zero-order chi connectivity index (χ0) is 19.5. The van der Waals surface area contributed by atoms with Crippen LogP contribution in [0.4, 0.5) is 13.2 Å². The molecule has 154 valence electrons. The second-order valence-corrected chi connectivity index (χ2v) is 5.73. The minimum atomic E-state index is -4.20. The van der Waals surface area contributed by atoms with Crippen molar-refractivity contribution in [3.8, 4) is 5.88 Å². The third-order valence-electron chi connectivity index (χ3n) is 3.52. The largest absolute Gasteiger partial charge is 0.473 e. The fraction of sp³-hybridized carbons (Fsp3) is 0.368. The Kier molecular flexibility index (Phi) is 10.6. The van der Waals surface area contributed by atoms with Crippen molar-refractivity contribution in [3.05, 3.63) is 59.8 Å². The van der Waals surface area contributed by atoms with Gasteiger partial charge in [0.15, 0.2) is 5.96 Å². The fourth-order valence-electron chi connectivity index (χ4n) is 2.23. The molecule has 0 radical (unpaired) electrons. The summed E-state index contributed by atoms with van der Waals surface area (Å²) in [5.41, 5.74) is 1.77. The van der Waals surface area contributed by atoms with E-state index in [4.69, 9.17) is 4.74 Å². The molecule has 28 heavy (non-hydrogen) atoms. The lowest BCUT2D eigenvalue weighted by Crippen LogP contribution is -2.38. The van der Waals surface area contributed by atoms with E-state index in [0.717, 1.165) is 11.1 Å². The second kappa shape index (κ2) is 12.4. The van der Waals surface area contributed by atoms with Crippen LogP contribution < -0.4 is 15.4 Å². The highest BCUT2D eigenvalue weighted by molar-refractivity contribution is 14.0. The third-order valence-corrected chi connectivity index (χ3v) is 3.52. The first-order chi connectivity index (χ1) is 13.0. The zero-order valence-corrected chi connectivity index (χ0v) is 17.8. The predicted octanol–water partition coefficient (Wildman–Crippen LogP) is 4.29. The average molecular weight is 508 g/mol. The van der Waals surface area contributed by atoms with Crippen LogP contribution in [0.15, 0.2) is 53.7 Å². The van der Waals surface area contributed by atoms with Gasteiger partial charge in [-0.15, -0.1) is 24.0 Å². The number of pyridine rings is 1. The first kappa shape index (κ1) is 24.0. The van der Waals surface area contributed by atoms with Crippen molar-refractivity contribution < 1.29 is 17.9 Å². The Bertz CT molecular complexity index is 727. The molecule has 0 saturated carbocycles. The second-order valence-electron chi connectivity index (χ2n) is 5.73. The molecule has 0 spiro atoms. The minimum absolute atomic E-state index is 0. The van der Waals surface area contributed by atoms with Gasteiger partial charge in [0.2, 0.25) is 5.88 Å². The normalized spacial score (nSPS) is 11.5. The number of aromatic nitrogens is 1. The van der Waals surface area contributed by atoms with Gasteiger partial charge in [0.25, 0.3) is 0 Å². The minimum Gasteiger partial charge on any atom is -0.473 e. The number of hydrogen-bond acceptors (Lipinski definition) is 3. The van der Waals surface area contributed by atoms with Crippen LogP contribution in [0.5, 0.6) is 5.88 Å². The molecule has 9 heteroatoms. The average Bonchev–Trinajstić information content (AvgIpc) is 2.65. The van der Waals surface area contributed by atoms with Crippen molar-refractivity contribution in [1.82, 2.24) is 15.6 Å². The lowest BCUT2D eigenvalue weighted by molar-refractivity contribution is -0.132. The van der Waals surface area contributed by atoms with Gasteiger partial charge in [-0.1, -0.05) is 36.4 Å². The lowest BCUT2D eigenvalue weighted by atomic mass is 10.2. The molecule has 0 saturated heterocycles. The molecule has 0 unspecified atom stereocenters. The predicted molar refractivity (Wildman–Crippen MR) is 114 cm³/mol. The molecular formula is C19H24F3IN4O. The molecule has 1 heterocycles. The Morgan fingerprint density at radius 3 is 2.54 bits per heavy atom. The molecule has 2 N–H and O–H groups in total. The van der Waals surface area contributed by atoms with Gasteiger partial charge in [0, 0.05) is 24.8 Å². The summed E-state index contributed by atoms with van der Waals surface area (Å²) in [6, 6.07) is 13.3. The molecule has 0 fully saturated rings. The molecule has 0 aliphatic carbocycles. The zero-order valence-electron chi connectivity index (χ0n) is 15.5. The summed E-state index contributed by atoms with van der Waals surface area (Å²) >= 11 is 0. The Morgan fingerprint density at radius 2 is 1.86 bits per heavy atom. The highest BCUT2D eigenvalue weighted by Gasteiger charge is 2.26. The number of guanidine groups is 1. The maximum atomic E-state index is 12.3. The van der Waals surface area contributed by atoms with Crippen molar-refractivity contribution in [2.24, 2.45) is 4.99 Å². The summed E-state index contributed by atoms with van der Waals surface area (Å²) < 4.78 is 42.7. The van der Waals surface area contributed by atoms with E-state index in [1.807, 2.05) is 43.3 Å². The van der Waals surface area contributed by atoms with Crippen LogP contribution in [0.2, 0.25) is 0 Å². The summed E-state index contributed by atoms with van der Waals surface area (Å²) in [4.78, 5) is 8.56. The number of aliphatic imine (C=N–C) groups is 1. The Balaban J connectivity index is 0.00000392. The van der Waals surface area contributed by atoms with E-state index in [0.29, 0.717) is 25.0 Å². The fourth-order valence-corrected chi connectivity index (χ4v) is 2.23. The van der Waals surface area contributed by atoms with Crippen molar-refractivity contribution in [2.45, 2.75) is 32.7 Å². The van der Waals surface area contributed by atoms with E-state index < -0.39 is 12.6 Å². The number of ether oxygens (including phenoxy) is 1. The van der Waals surface area contributed by atoms with Gasteiger partial charge >= 0.3 is 6.18 Å². The maximum Gasteiger partial charge on any atom is 0.390 e. The van der Waals surface area contributed by atoms with E-state index in [2.05, 4.69) is 20.6 Å². The molecule has 5 nitrogen and oxygen atoms in total. The number of halogens is 4. The van der Waals surface area contributed by atoms with Gasteiger partial charge in [-0.05, 0) is 18.6 Å². The summed E-state index contributed by atoms with van der Waals surface area (Å²) in [6.45, 7) is 2.76. The molecule has 2 aromatic rings. The lowest BCUT2D eigenvalue weighted by Gasteiger charge is -2.13. The van der Waals surface area contributed by atoms with Gasteiger partial charge in [0.05, 0.1) is 13.0 Å². The first-order valence-electron chi connectivity index (χ1n) is 8.67. The maximum absolute atomic E-state index is 12.3. The van der Waals surface area contributed by atoms with Crippen LogP contribution in [0.3, 0.4) is 0 Å². The van der Waals surface area contributed by atoms with Gasteiger partial charge < -0.3 is 15.4 Å². The third kappa shape index (κ3) is 9.25. The Hall–Kier alpha value is -2.04. The highest BCUT2D eigenvalue weighted by atomic mass is 127. The van der Waals surface area contributed by atoms with Gasteiger partial charge in [-0.25, -0.2) is 9.98 Å². The van der Waals surface area contributed by atoms with E-state index in [1.54, 1.807) is 12.3 Å². The Labute approximate surface area is 179 Å². The number of alkyl halides is 3. The molecule has 0 aliphatic heterocycles. The molecule has 0 atom stereocenters. The smallest absolute Gasteiger partial charge is 0.390 e. The number of rotatable bonds is 8. The molecule has 2 rings (SSSR count). The van der Waals surface area contributed by atoms with Gasteiger partial charge in [-0.3, -0.25) is 0 Å². The summed E-state index contributed by atoms with van der Waals surface area (Å²) in [6.07, 6.45) is -3.50. The molecule has 0 amide bonds. The van der Waals surface area contributed by atoms with Crippen LogP contribution in [0, 0.1) is 0 Å². The van der Waals surface area contributed by atoms with Crippen molar-refractivity contribution in [2.75, 3.05) is 13.1 Å². The summed E-state index contributed by atoms with van der Waals surface area (Å²) in [5.74, 6) is 0.774.